The zero-order valence-electron chi connectivity index (χ0n) is 6.19. The molecule has 0 rings (SSSR count). The van der Waals surface area contributed by atoms with Gasteiger partial charge in [-0.15, -0.1) is 0 Å². The molecule has 0 aromatic rings. The van der Waals surface area contributed by atoms with E-state index >= 15 is 0 Å². The Morgan fingerprint density at radius 3 is 2.56 bits per heavy atom. The number of carbonyl (C=O) groups excluding carboxylic acids is 1. The first-order valence-electron chi connectivity index (χ1n) is 3.09. The number of amides is 1. The molecule has 1 amide bonds. The fourth-order valence-electron chi connectivity index (χ4n) is 0.398. The second-order valence-corrected chi connectivity index (χ2v) is 1.96. The van der Waals surface area contributed by atoms with Crippen LogP contribution in [0, 0.1) is 0 Å². The van der Waals surface area contributed by atoms with Gasteiger partial charge >= 0.3 is 0 Å². The number of hydrogen-bond donors (Lipinski definition) is 1. The van der Waals surface area contributed by atoms with Gasteiger partial charge in [0.15, 0.2) is 0 Å². The second kappa shape index (κ2) is 4.13. The molecule has 0 heterocycles. The predicted molar refractivity (Wildman–Crippen MR) is 38.1 cm³/mol. The van der Waals surface area contributed by atoms with Crippen molar-refractivity contribution in [3.63, 3.8) is 0 Å². The van der Waals surface area contributed by atoms with Crippen LogP contribution in [0.15, 0.2) is 11.6 Å². The lowest BCUT2D eigenvalue weighted by Gasteiger charge is -1.93. The molecule has 1 N–H and O–H groups in total. The van der Waals surface area contributed by atoms with E-state index in [9.17, 15) is 4.79 Å². The normalized spacial score (nSPS) is 11.2. The molecule has 0 aliphatic carbocycles. The maximum absolute atomic E-state index is 10.6. The highest BCUT2D eigenvalue weighted by Gasteiger charge is 1.89. The highest BCUT2D eigenvalue weighted by Crippen LogP contribution is 1.95. The van der Waals surface area contributed by atoms with Gasteiger partial charge in [-0.05, 0) is 13.3 Å². The lowest BCUT2D eigenvalue weighted by molar-refractivity contribution is -0.116. The van der Waals surface area contributed by atoms with Crippen LogP contribution >= 0.6 is 0 Å². The first-order chi connectivity index (χ1) is 4.20. The van der Waals surface area contributed by atoms with Crippen LogP contribution in [0.25, 0.3) is 0 Å². The van der Waals surface area contributed by atoms with Gasteiger partial charge in [-0.3, -0.25) is 4.79 Å². The van der Waals surface area contributed by atoms with Crippen molar-refractivity contribution in [2.75, 3.05) is 7.05 Å². The fourth-order valence-corrected chi connectivity index (χ4v) is 0.398. The van der Waals surface area contributed by atoms with E-state index in [0.717, 1.165) is 12.0 Å². The standard InChI is InChI=1S/C7H13NO/c1-4-6(2)5-7(9)8-3/h5H,4H2,1-3H3,(H,8,9)/b6-5-. The lowest BCUT2D eigenvalue weighted by Crippen LogP contribution is -2.14. The summed E-state index contributed by atoms with van der Waals surface area (Å²) in [6, 6.07) is 0. The Bertz CT molecular complexity index is 127. The molecule has 0 atom stereocenters. The third kappa shape index (κ3) is 3.76. The number of likely N-dealkylation sites (N-methyl/N-ethyl adjacent to an activating group) is 1. The number of hydrogen-bond acceptors (Lipinski definition) is 1. The molecule has 0 aliphatic heterocycles. The Kier molecular flexibility index (Phi) is 3.76. The smallest absolute Gasteiger partial charge is 0.243 e. The van der Waals surface area contributed by atoms with Crippen molar-refractivity contribution >= 4 is 5.91 Å². The van der Waals surface area contributed by atoms with Crippen molar-refractivity contribution in [3.8, 4) is 0 Å². The summed E-state index contributed by atoms with van der Waals surface area (Å²) in [6.07, 6.45) is 2.55. The first-order valence-corrected chi connectivity index (χ1v) is 3.09. The maximum atomic E-state index is 10.6. The average Bonchev–Trinajstić information content (AvgIpc) is 1.87. The topological polar surface area (TPSA) is 29.1 Å². The minimum atomic E-state index is -0.0191. The number of rotatable bonds is 2. The van der Waals surface area contributed by atoms with E-state index in [4.69, 9.17) is 0 Å². The molecular weight excluding hydrogens is 114 g/mol. The van der Waals surface area contributed by atoms with Crippen molar-refractivity contribution in [1.29, 1.82) is 0 Å². The van der Waals surface area contributed by atoms with Crippen molar-refractivity contribution in [2.24, 2.45) is 0 Å². The van der Waals surface area contributed by atoms with Gasteiger partial charge in [0.1, 0.15) is 0 Å². The van der Waals surface area contributed by atoms with Crippen LogP contribution in [0.5, 0.6) is 0 Å². The van der Waals surface area contributed by atoms with E-state index in [-0.39, 0.29) is 5.91 Å². The van der Waals surface area contributed by atoms with Crippen LogP contribution in [0.1, 0.15) is 20.3 Å². The zero-order valence-corrected chi connectivity index (χ0v) is 6.19. The summed E-state index contributed by atoms with van der Waals surface area (Å²) in [5.41, 5.74) is 1.11. The van der Waals surface area contributed by atoms with E-state index < -0.39 is 0 Å². The molecule has 0 unspecified atom stereocenters. The minimum Gasteiger partial charge on any atom is -0.356 e. The molecule has 0 bridgehead atoms. The summed E-state index contributed by atoms with van der Waals surface area (Å²) >= 11 is 0. The van der Waals surface area contributed by atoms with E-state index in [1.165, 1.54) is 0 Å². The largest absolute Gasteiger partial charge is 0.356 e. The van der Waals surface area contributed by atoms with Crippen molar-refractivity contribution in [2.45, 2.75) is 20.3 Å². The summed E-state index contributed by atoms with van der Waals surface area (Å²) in [6.45, 7) is 3.96. The van der Waals surface area contributed by atoms with E-state index in [0.29, 0.717) is 0 Å². The molecule has 0 fully saturated rings. The summed E-state index contributed by atoms with van der Waals surface area (Å²) in [4.78, 5) is 10.6. The molecule has 9 heavy (non-hydrogen) atoms. The average molecular weight is 127 g/mol. The highest BCUT2D eigenvalue weighted by molar-refractivity contribution is 5.87. The van der Waals surface area contributed by atoms with Crippen molar-refractivity contribution < 1.29 is 4.79 Å². The highest BCUT2D eigenvalue weighted by atomic mass is 16.1. The van der Waals surface area contributed by atoms with Crippen LogP contribution in [0.4, 0.5) is 0 Å². The molecule has 0 saturated heterocycles. The Morgan fingerprint density at radius 2 is 2.22 bits per heavy atom. The lowest BCUT2D eigenvalue weighted by atomic mass is 10.2. The van der Waals surface area contributed by atoms with E-state index in [1.54, 1.807) is 13.1 Å². The van der Waals surface area contributed by atoms with Gasteiger partial charge in [0.2, 0.25) is 5.91 Å². The van der Waals surface area contributed by atoms with Gasteiger partial charge in [-0.1, -0.05) is 12.5 Å². The van der Waals surface area contributed by atoms with Gasteiger partial charge < -0.3 is 5.32 Å². The number of allylic oxidation sites excluding steroid dienone is 1. The van der Waals surface area contributed by atoms with E-state index in [2.05, 4.69) is 5.32 Å². The van der Waals surface area contributed by atoms with Gasteiger partial charge in [0, 0.05) is 13.1 Å². The number of carbonyl (C=O) groups is 1. The van der Waals surface area contributed by atoms with Crippen LogP contribution in [0.3, 0.4) is 0 Å². The second-order valence-electron chi connectivity index (χ2n) is 1.96. The molecule has 52 valence electrons. The van der Waals surface area contributed by atoms with Crippen LogP contribution in [-0.2, 0) is 4.79 Å². The fraction of sp³-hybridized carbons (Fsp3) is 0.571. The Morgan fingerprint density at radius 1 is 1.67 bits per heavy atom. The summed E-state index contributed by atoms with van der Waals surface area (Å²) < 4.78 is 0. The van der Waals surface area contributed by atoms with Gasteiger partial charge in [0.05, 0.1) is 0 Å². The van der Waals surface area contributed by atoms with Crippen molar-refractivity contribution in [1.82, 2.24) is 5.32 Å². The van der Waals surface area contributed by atoms with Gasteiger partial charge in [0.25, 0.3) is 0 Å². The third-order valence-electron chi connectivity index (χ3n) is 1.18. The molecular formula is C7H13NO. The quantitative estimate of drug-likeness (QED) is 0.553. The molecule has 0 aliphatic rings. The van der Waals surface area contributed by atoms with Crippen LogP contribution in [-0.4, -0.2) is 13.0 Å². The Balaban J connectivity index is 3.79. The third-order valence-corrected chi connectivity index (χ3v) is 1.18. The molecule has 0 saturated carbocycles. The SMILES string of the molecule is CC/C(C)=C\C(=O)NC. The van der Waals surface area contributed by atoms with E-state index in [1.807, 2.05) is 13.8 Å². The molecule has 2 nitrogen and oxygen atoms in total. The molecule has 2 heteroatoms. The molecule has 0 aromatic heterocycles. The first kappa shape index (κ1) is 8.21. The minimum absolute atomic E-state index is 0.0191. The predicted octanol–water partition coefficient (Wildman–Crippen LogP) is 1.09. The van der Waals surface area contributed by atoms with Gasteiger partial charge in [-0.2, -0.15) is 0 Å². The molecule has 0 spiro atoms. The Hall–Kier alpha value is -0.790. The van der Waals surface area contributed by atoms with Gasteiger partial charge in [-0.25, -0.2) is 0 Å². The summed E-state index contributed by atoms with van der Waals surface area (Å²) in [7, 11) is 1.63. The van der Waals surface area contributed by atoms with Crippen molar-refractivity contribution in [3.05, 3.63) is 11.6 Å². The Labute approximate surface area is 56.0 Å². The number of nitrogens with one attached hydrogen (secondary N) is 1. The zero-order chi connectivity index (χ0) is 7.28. The molecule has 0 radical (unpaired) electrons. The van der Waals surface area contributed by atoms with Crippen LogP contribution < -0.4 is 5.32 Å². The maximum Gasteiger partial charge on any atom is 0.243 e. The molecule has 0 aromatic carbocycles. The van der Waals surface area contributed by atoms with Crippen LogP contribution in [0.2, 0.25) is 0 Å². The monoisotopic (exact) mass is 127 g/mol. The summed E-state index contributed by atoms with van der Waals surface area (Å²) in [5.74, 6) is -0.0191. The summed E-state index contributed by atoms with van der Waals surface area (Å²) in [5, 5.41) is 2.51.